The smallest absolute Gasteiger partial charge is 0.319 e. The lowest BCUT2D eigenvalue weighted by Crippen LogP contribution is -2.25. The molecule has 0 aliphatic heterocycles. The van der Waals surface area contributed by atoms with E-state index in [1.807, 2.05) is 62.4 Å². The number of carbonyl (C=O) groups excluding carboxylic acids is 2. The van der Waals surface area contributed by atoms with Crippen molar-refractivity contribution < 1.29 is 14.3 Å². The lowest BCUT2D eigenvalue weighted by molar-refractivity contribution is -0.146. The zero-order valence-corrected chi connectivity index (χ0v) is 15.6. The topological polar surface area (TPSA) is 55.4 Å². The Hall–Kier alpha value is -2.27. The largest absolute Gasteiger partial charge is 0.455 e. The minimum atomic E-state index is -0.399. The molecule has 0 bridgehead atoms. The van der Waals surface area contributed by atoms with E-state index in [0.717, 1.165) is 28.1 Å². The van der Waals surface area contributed by atoms with Crippen molar-refractivity contribution in [1.29, 1.82) is 0 Å². The second-order valence-electron chi connectivity index (χ2n) is 5.69. The number of benzene rings is 2. The summed E-state index contributed by atoms with van der Waals surface area (Å²) in [5, 5.41) is 2.48. The predicted octanol–water partition coefficient (Wildman–Crippen LogP) is 4.22. The van der Waals surface area contributed by atoms with Crippen LogP contribution >= 0.6 is 11.8 Å². The van der Waals surface area contributed by atoms with Crippen molar-refractivity contribution >= 4 is 29.3 Å². The molecule has 2 rings (SSSR count). The summed E-state index contributed by atoms with van der Waals surface area (Å²) in [4.78, 5) is 25.2. The summed E-state index contributed by atoms with van der Waals surface area (Å²) in [7, 11) is 0. The molecule has 2 aromatic carbocycles. The molecule has 0 saturated heterocycles. The van der Waals surface area contributed by atoms with Crippen LogP contribution in [0, 0.1) is 6.92 Å². The molecule has 0 aliphatic rings. The van der Waals surface area contributed by atoms with Crippen LogP contribution in [-0.2, 0) is 20.7 Å². The second-order valence-corrected chi connectivity index (χ2v) is 7.11. The Kier molecular flexibility index (Phi) is 7.07. The van der Waals surface area contributed by atoms with Crippen LogP contribution in [-0.4, -0.2) is 23.7 Å². The van der Waals surface area contributed by atoms with Gasteiger partial charge in [0.2, 0.25) is 0 Å². The van der Waals surface area contributed by atoms with Gasteiger partial charge in [-0.05, 0) is 43.5 Å². The Balaban J connectivity index is 1.86. The highest BCUT2D eigenvalue weighted by Gasteiger charge is 2.18. The SMILES string of the molecule is CCc1cccc(C)c1NC(=O)COC(=O)[C@H](C)Sc1ccccc1. The van der Waals surface area contributed by atoms with Gasteiger partial charge in [0.25, 0.3) is 5.91 Å². The second kappa shape index (κ2) is 9.28. The van der Waals surface area contributed by atoms with Crippen molar-refractivity contribution in [3.63, 3.8) is 0 Å². The average Bonchev–Trinajstić information content (AvgIpc) is 2.62. The number of esters is 1. The average molecular weight is 357 g/mol. The summed E-state index contributed by atoms with van der Waals surface area (Å²) in [5.41, 5.74) is 2.86. The summed E-state index contributed by atoms with van der Waals surface area (Å²) >= 11 is 1.41. The van der Waals surface area contributed by atoms with E-state index in [4.69, 9.17) is 4.74 Å². The molecule has 0 fully saturated rings. The predicted molar refractivity (Wildman–Crippen MR) is 102 cm³/mol. The third-order valence-electron chi connectivity index (χ3n) is 3.74. The Morgan fingerprint density at radius 2 is 1.84 bits per heavy atom. The molecule has 1 N–H and O–H groups in total. The highest BCUT2D eigenvalue weighted by Crippen LogP contribution is 2.24. The summed E-state index contributed by atoms with van der Waals surface area (Å²) in [6.45, 7) is 5.47. The standard InChI is InChI=1S/C20H23NO3S/c1-4-16-10-8-9-14(2)19(16)21-18(22)13-24-20(23)15(3)25-17-11-6-5-7-12-17/h5-12,15H,4,13H2,1-3H3,(H,21,22)/t15-/m0/s1. The highest BCUT2D eigenvalue weighted by atomic mass is 32.2. The number of hydrogen-bond donors (Lipinski definition) is 1. The molecule has 0 saturated carbocycles. The van der Waals surface area contributed by atoms with E-state index in [1.165, 1.54) is 11.8 Å². The molecule has 1 amide bonds. The fourth-order valence-electron chi connectivity index (χ4n) is 2.38. The van der Waals surface area contributed by atoms with Gasteiger partial charge in [-0.15, -0.1) is 11.8 Å². The van der Waals surface area contributed by atoms with Crippen LogP contribution in [0.5, 0.6) is 0 Å². The van der Waals surface area contributed by atoms with Crippen molar-refractivity contribution in [3.8, 4) is 0 Å². The summed E-state index contributed by atoms with van der Waals surface area (Å²) in [5.74, 6) is -0.723. The molecular formula is C20H23NO3S. The Morgan fingerprint density at radius 1 is 1.12 bits per heavy atom. The van der Waals surface area contributed by atoms with Crippen LogP contribution in [0.3, 0.4) is 0 Å². The summed E-state index contributed by atoms with van der Waals surface area (Å²) in [6.07, 6.45) is 0.821. The van der Waals surface area contributed by atoms with Crippen LogP contribution in [0.25, 0.3) is 0 Å². The molecule has 4 nitrogen and oxygen atoms in total. The van der Waals surface area contributed by atoms with E-state index in [0.29, 0.717) is 0 Å². The fourth-order valence-corrected chi connectivity index (χ4v) is 3.27. The molecule has 132 valence electrons. The van der Waals surface area contributed by atoms with Gasteiger partial charge in [0.05, 0.1) is 0 Å². The minimum absolute atomic E-state index is 0.282. The Labute approximate surface area is 153 Å². The van der Waals surface area contributed by atoms with Gasteiger partial charge in [0.1, 0.15) is 5.25 Å². The van der Waals surface area contributed by atoms with Gasteiger partial charge >= 0.3 is 5.97 Å². The molecule has 0 aromatic heterocycles. The maximum Gasteiger partial charge on any atom is 0.319 e. The van der Waals surface area contributed by atoms with Crippen molar-refractivity contribution in [2.45, 2.75) is 37.3 Å². The van der Waals surface area contributed by atoms with Gasteiger partial charge in [-0.25, -0.2) is 0 Å². The highest BCUT2D eigenvalue weighted by molar-refractivity contribution is 8.00. The van der Waals surface area contributed by atoms with Gasteiger partial charge in [0, 0.05) is 10.6 Å². The van der Waals surface area contributed by atoms with Crippen LogP contribution in [0.4, 0.5) is 5.69 Å². The van der Waals surface area contributed by atoms with Gasteiger partial charge in [-0.2, -0.15) is 0 Å². The fraction of sp³-hybridized carbons (Fsp3) is 0.300. The van der Waals surface area contributed by atoms with Crippen molar-refractivity contribution in [1.82, 2.24) is 0 Å². The normalized spacial score (nSPS) is 11.6. The molecule has 25 heavy (non-hydrogen) atoms. The first-order valence-electron chi connectivity index (χ1n) is 8.28. The van der Waals surface area contributed by atoms with E-state index in [9.17, 15) is 9.59 Å². The number of amides is 1. The van der Waals surface area contributed by atoms with Crippen LogP contribution < -0.4 is 5.32 Å². The number of thioether (sulfide) groups is 1. The third kappa shape index (κ3) is 5.64. The Bertz CT molecular complexity index is 731. The van der Waals surface area contributed by atoms with Crippen molar-refractivity contribution in [2.75, 3.05) is 11.9 Å². The molecular weight excluding hydrogens is 334 g/mol. The van der Waals surface area contributed by atoms with Crippen molar-refractivity contribution in [3.05, 3.63) is 59.7 Å². The van der Waals surface area contributed by atoms with E-state index >= 15 is 0 Å². The quantitative estimate of drug-likeness (QED) is 0.595. The number of para-hydroxylation sites is 1. The van der Waals surface area contributed by atoms with Crippen LogP contribution in [0.1, 0.15) is 25.0 Å². The number of anilines is 1. The lowest BCUT2D eigenvalue weighted by atomic mass is 10.1. The van der Waals surface area contributed by atoms with E-state index in [2.05, 4.69) is 5.32 Å². The van der Waals surface area contributed by atoms with E-state index < -0.39 is 5.97 Å². The zero-order valence-electron chi connectivity index (χ0n) is 14.7. The number of carbonyl (C=O) groups is 2. The minimum Gasteiger partial charge on any atom is -0.455 e. The molecule has 0 spiro atoms. The first-order valence-corrected chi connectivity index (χ1v) is 9.16. The van der Waals surface area contributed by atoms with Gasteiger partial charge in [0.15, 0.2) is 6.61 Å². The zero-order chi connectivity index (χ0) is 18.2. The molecule has 0 radical (unpaired) electrons. The van der Waals surface area contributed by atoms with Crippen LogP contribution in [0.2, 0.25) is 0 Å². The molecule has 2 aromatic rings. The van der Waals surface area contributed by atoms with Crippen LogP contribution in [0.15, 0.2) is 53.4 Å². The number of hydrogen-bond acceptors (Lipinski definition) is 4. The van der Waals surface area contributed by atoms with E-state index in [-0.39, 0.29) is 17.8 Å². The van der Waals surface area contributed by atoms with Gasteiger partial charge in [-0.3, -0.25) is 9.59 Å². The first-order chi connectivity index (χ1) is 12.0. The number of ether oxygens (including phenoxy) is 1. The summed E-state index contributed by atoms with van der Waals surface area (Å²) in [6, 6.07) is 15.5. The third-order valence-corrected chi connectivity index (χ3v) is 4.83. The van der Waals surface area contributed by atoms with E-state index in [1.54, 1.807) is 6.92 Å². The monoisotopic (exact) mass is 357 g/mol. The molecule has 1 atom stereocenters. The van der Waals surface area contributed by atoms with Gasteiger partial charge in [-0.1, -0.05) is 43.3 Å². The molecule has 0 aliphatic carbocycles. The first kappa shape index (κ1) is 19.1. The van der Waals surface area contributed by atoms with Gasteiger partial charge < -0.3 is 10.1 Å². The lowest BCUT2D eigenvalue weighted by Gasteiger charge is -2.14. The number of aryl methyl sites for hydroxylation is 2. The number of rotatable bonds is 7. The molecule has 5 heteroatoms. The van der Waals surface area contributed by atoms with Crippen molar-refractivity contribution in [2.24, 2.45) is 0 Å². The number of nitrogens with one attached hydrogen (secondary N) is 1. The maximum absolute atomic E-state index is 12.1. The Morgan fingerprint density at radius 3 is 2.52 bits per heavy atom. The summed E-state index contributed by atoms with van der Waals surface area (Å²) < 4.78 is 5.15. The maximum atomic E-state index is 12.1. The molecule has 0 heterocycles. The molecule has 0 unspecified atom stereocenters.